The highest BCUT2D eigenvalue weighted by Crippen LogP contribution is 2.39. The Bertz CT molecular complexity index is 382. The number of aliphatic hydroxyl groups excluding tert-OH is 1. The molecule has 0 saturated heterocycles. The maximum Gasteiger partial charge on any atom is 0.208 e. The second-order valence-electron chi connectivity index (χ2n) is 3.41. The van der Waals surface area contributed by atoms with Crippen LogP contribution in [-0.4, -0.2) is 25.9 Å². The van der Waals surface area contributed by atoms with Crippen molar-refractivity contribution in [1.82, 2.24) is 0 Å². The smallest absolute Gasteiger partial charge is 0.208 e. The molecule has 0 aliphatic carbocycles. The zero-order valence-corrected chi connectivity index (χ0v) is 11.0. The minimum Gasteiger partial charge on any atom is -0.493 e. The molecule has 0 aliphatic rings. The lowest BCUT2D eigenvalue weighted by molar-refractivity contribution is 0.267. The molecule has 1 unspecified atom stereocenters. The second kappa shape index (κ2) is 5.50. The van der Waals surface area contributed by atoms with Gasteiger partial charge in [0.2, 0.25) is 5.82 Å². The summed E-state index contributed by atoms with van der Waals surface area (Å²) in [5.41, 5.74) is 0.607. The Morgan fingerprint density at radius 2 is 1.94 bits per heavy atom. The van der Waals surface area contributed by atoms with Crippen LogP contribution in [0.5, 0.6) is 11.5 Å². The largest absolute Gasteiger partial charge is 0.493 e. The summed E-state index contributed by atoms with van der Waals surface area (Å²) in [5.74, 6) is -0.548. The van der Waals surface area contributed by atoms with Crippen molar-refractivity contribution in [3.8, 4) is 11.5 Å². The van der Waals surface area contributed by atoms with Crippen LogP contribution in [0.2, 0.25) is 0 Å². The molecule has 3 nitrogen and oxygen atoms in total. The molecular formula is C11H14BrFO3. The number of rotatable bonds is 4. The summed E-state index contributed by atoms with van der Waals surface area (Å²) >= 11 is 3.22. The van der Waals surface area contributed by atoms with Crippen LogP contribution in [0.25, 0.3) is 0 Å². The van der Waals surface area contributed by atoms with Crippen LogP contribution in [0.4, 0.5) is 4.39 Å². The van der Waals surface area contributed by atoms with Gasteiger partial charge < -0.3 is 14.6 Å². The Balaban J connectivity index is 3.40. The summed E-state index contributed by atoms with van der Waals surface area (Å²) in [6.45, 7) is 1.71. The van der Waals surface area contributed by atoms with Gasteiger partial charge in [0, 0.05) is 18.1 Å². The van der Waals surface area contributed by atoms with Crippen molar-refractivity contribution in [1.29, 1.82) is 0 Å². The summed E-state index contributed by atoms with van der Waals surface area (Å²) < 4.78 is 24.4. The van der Waals surface area contributed by atoms with E-state index >= 15 is 0 Å². The summed E-state index contributed by atoms with van der Waals surface area (Å²) in [4.78, 5) is 0. The van der Waals surface area contributed by atoms with Crippen LogP contribution in [0.3, 0.4) is 0 Å². The van der Waals surface area contributed by atoms with Gasteiger partial charge in [-0.15, -0.1) is 0 Å². The molecule has 0 heterocycles. The lowest BCUT2D eigenvalue weighted by Crippen LogP contribution is -2.05. The van der Waals surface area contributed by atoms with Gasteiger partial charge in [0.15, 0.2) is 11.5 Å². The highest BCUT2D eigenvalue weighted by Gasteiger charge is 2.21. The van der Waals surface area contributed by atoms with Gasteiger partial charge in [0.05, 0.1) is 18.7 Å². The van der Waals surface area contributed by atoms with E-state index in [0.29, 0.717) is 10.0 Å². The Hall–Kier alpha value is -0.810. The number of hydrogen-bond donors (Lipinski definition) is 1. The molecule has 0 amide bonds. The number of halogens is 2. The number of benzene rings is 1. The second-order valence-corrected chi connectivity index (χ2v) is 4.27. The van der Waals surface area contributed by atoms with Crippen LogP contribution >= 0.6 is 15.9 Å². The predicted octanol–water partition coefficient (Wildman–Crippen LogP) is 2.70. The maximum absolute atomic E-state index is 13.9. The van der Waals surface area contributed by atoms with E-state index in [2.05, 4.69) is 15.9 Å². The number of methoxy groups -OCH3 is 2. The highest BCUT2D eigenvalue weighted by atomic mass is 79.9. The maximum atomic E-state index is 13.9. The predicted molar refractivity (Wildman–Crippen MR) is 62.7 cm³/mol. The third-order valence-electron chi connectivity index (χ3n) is 2.37. The molecular weight excluding hydrogens is 279 g/mol. The molecule has 0 aliphatic heterocycles. The van der Waals surface area contributed by atoms with Crippen molar-refractivity contribution in [3.05, 3.63) is 21.9 Å². The number of hydrogen-bond acceptors (Lipinski definition) is 3. The van der Waals surface area contributed by atoms with Crippen LogP contribution in [-0.2, 0) is 0 Å². The Morgan fingerprint density at radius 1 is 1.38 bits per heavy atom. The number of aliphatic hydroxyl groups is 1. The molecule has 1 N–H and O–H groups in total. The van der Waals surface area contributed by atoms with Crippen LogP contribution in [0.1, 0.15) is 18.4 Å². The zero-order chi connectivity index (χ0) is 12.3. The fraction of sp³-hybridized carbons (Fsp3) is 0.455. The van der Waals surface area contributed by atoms with Gasteiger partial charge in [0.1, 0.15) is 0 Å². The zero-order valence-electron chi connectivity index (χ0n) is 9.38. The van der Waals surface area contributed by atoms with E-state index in [-0.39, 0.29) is 24.0 Å². The first kappa shape index (κ1) is 13.3. The minimum atomic E-state index is -0.560. The molecule has 16 heavy (non-hydrogen) atoms. The fourth-order valence-corrected chi connectivity index (χ4v) is 2.04. The van der Waals surface area contributed by atoms with E-state index in [0.717, 1.165) is 0 Å². The van der Waals surface area contributed by atoms with E-state index in [1.165, 1.54) is 14.2 Å². The summed E-state index contributed by atoms with van der Waals surface area (Å²) in [6, 6.07) is 1.70. The SMILES string of the molecule is COc1c(Br)cc(C(C)CO)c(OC)c1F. The van der Waals surface area contributed by atoms with Crippen molar-refractivity contribution < 1.29 is 19.0 Å². The van der Waals surface area contributed by atoms with E-state index in [1.807, 2.05) is 0 Å². The highest BCUT2D eigenvalue weighted by molar-refractivity contribution is 9.10. The lowest BCUT2D eigenvalue weighted by atomic mass is 10.0. The summed E-state index contributed by atoms with van der Waals surface area (Å²) in [5, 5.41) is 9.09. The quantitative estimate of drug-likeness (QED) is 0.927. The van der Waals surface area contributed by atoms with Crippen molar-refractivity contribution in [2.75, 3.05) is 20.8 Å². The van der Waals surface area contributed by atoms with Crippen molar-refractivity contribution >= 4 is 15.9 Å². The first-order chi connectivity index (χ1) is 7.56. The fourth-order valence-electron chi connectivity index (χ4n) is 1.46. The van der Waals surface area contributed by atoms with Crippen molar-refractivity contribution in [2.24, 2.45) is 0 Å². The topological polar surface area (TPSA) is 38.7 Å². The molecule has 1 atom stereocenters. The lowest BCUT2D eigenvalue weighted by Gasteiger charge is -2.17. The summed E-state index contributed by atoms with van der Waals surface area (Å²) in [7, 11) is 2.77. The van der Waals surface area contributed by atoms with Gasteiger partial charge in [-0.3, -0.25) is 0 Å². The van der Waals surface area contributed by atoms with Crippen LogP contribution < -0.4 is 9.47 Å². The molecule has 0 fully saturated rings. The molecule has 0 radical (unpaired) electrons. The molecule has 0 saturated carbocycles. The molecule has 1 aromatic rings. The van der Waals surface area contributed by atoms with E-state index in [4.69, 9.17) is 14.6 Å². The van der Waals surface area contributed by atoms with Crippen molar-refractivity contribution in [2.45, 2.75) is 12.8 Å². The minimum absolute atomic E-state index is 0.0748. The molecule has 90 valence electrons. The van der Waals surface area contributed by atoms with E-state index in [1.54, 1.807) is 13.0 Å². The molecule has 1 rings (SSSR count). The monoisotopic (exact) mass is 292 g/mol. The third kappa shape index (κ3) is 2.30. The van der Waals surface area contributed by atoms with Crippen molar-refractivity contribution in [3.63, 3.8) is 0 Å². The van der Waals surface area contributed by atoms with E-state index in [9.17, 15) is 4.39 Å². The van der Waals surface area contributed by atoms with E-state index < -0.39 is 5.82 Å². The Kier molecular flexibility index (Phi) is 4.56. The van der Waals surface area contributed by atoms with Crippen LogP contribution in [0, 0.1) is 5.82 Å². The first-order valence-electron chi connectivity index (χ1n) is 4.77. The van der Waals surface area contributed by atoms with Crippen LogP contribution in [0.15, 0.2) is 10.5 Å². The van der Waals surface area contributed by atoms with Gasteiger partial charge in [-0.1, -0.05) is 6.92 Å². The van der Waals surface area contributed by atoms with Gasteiger partial charge in [-0.05, 0) is 22.0 Å². The Morgan fingerprint density at radius 3 is 2.38 bits per heavy atom. The molecule has 1 aromatic carbocycles. The first-order valence-corrected chi connectivity index (χ1v) is 5.56. The average molecular weight is 293 g/mol. The van der Waals surface area contributed by atoms with Gasteiger partial charge in [-0.25, -0.2) is 0 Å². The standard InChI is InChI=1S/C11H14BrFO3/c1-6(5-14)7-4-8(12)11(16-3)9(13)10(7)15-2/h4,6,14H,5H2,1-3H3. The van der Waals surface area contributed by atoms with Gasteiger partial charge in [0.25, 0.3) is 0 Å². The Labute approximate surface area is 102 Å². The molecule has 0 spiro atoms. The third-order valence-corrected chi connectivity index (χ3v) is 2.96. The molecule has 5 heteroatoms. The number of ether oxygens (including phenoxy) is 2. The summed E-state index contributed by atoms with van der Waals surface area (Å²) in [6.07, 6.45) is 0. The molecule has 0 bridgehead atoms. The normalized spacial score (nSPS) is 12.4. The van der Waals surface area contributed by atoms with Gasteiger partial charge in [-0.2, -0.15) is 4.39 Å². The average Bonchev–Trinajstić information content (AvgIpc) is 2.28. The van der Waals surface area contributed by atoms with Gasteiger partial charge >= 0.3 is 0 Å². The molecule has 0 aromatic heterocycles.